The number of rotatable bonds is 6. The average molecular weight is 279 g/mol. The van der Waals surface area contributed by atoms with Crippen molar-refractivity contribution in [2.75, 3.05) is 18.9 Å². The first kappa shape index (κ1) is 15.6. The van der Waals surface area contributed by atoms with Crippen molar-refractivity contribution in [1.82, 2.24) is 4.90 Å². The van der Waals surface area contributed by atoms with Crippen LogP contribution < -0.4 is 11.1 Å². The Balaban J connectivity index is 2.71. The van der Waals surface area contributed by atoms with Gasteiger partial charge in [-0.3, -0.25) is 9.69 Å². The van der Waals surface area contributed by atoms with Crippen LogP contribution in [0.25, 0.3) is 0 Å². The molecule has 0 heterocycles. The summed E-state index contributed by atoms with van der Waals surface area (Å²) in [6.45, 7) is 4.87. The van der Waals surface area contributed by atoms with E-state index in [0.29, 0.717) is 10.7 Å². The number of thiocarbonyl (C=S) groups is 1. The molecule has 1 rings (SSSR count). The fourth-order valence-corrected chi connectivity index (χ4v) is 1.87. The summed E-state index contributed by atoms with van der Waals surface area (Å²) in [7, 11) is 1.94. The van der Waals surface area contributed by atoms with Gasteiger partial charge in [-0.15, -0.1) is 0 Å². The van der Waals surface area contributed by atoms with Gasteiger partial charge in [-0.2, -0.15) is 0 Å². The van der Waals surface area contributed by atoms with Crippen molar-refractivity contribution in [2.45, 2.75) is 26.3 Å². The van der Waals surface area contributed by atoms with E-state index in [4.69, 9.17) is 18.0 Å². The number of likely N-dealkylation sites (N-methyl/N-ethyl adjacent to an activating group) is 1. The molecule has 4 nitrogen and oxygen atoms in total. The highest BCUT2D eigenvalue weighted by Gasteiger charge is 2.17. The van der Waals surface area contributed by atoms with E-state index in [1.165, 1.54) is 0 Å². The molecule has 1 aromatic carbocycles. The molecule has 104 valence electrons. The predicted molar refractivity (Wildman–Crippen MR) is 83.3 cm³/mol. The monoisotopic (exact) mass is 279 g/mol. The van der Waals surface area contributed by atoms with Gasteiger partial charge < -0.3 is 11.1 Å². The van der Waals surface area contributed by atoms with Gasteiger partial charge in [0.1, 0.15) is 4.99 Å². The predicted octanol–water partition coefficient (Wildman–Crippen LogP) is 1.99. The molecule has 0 aliphatic heterocycles. The van der Waals surface area contributed by atoms with Crippen LogP contribution >= 0.6 is 12.2 Å². The Kier molecular flexibility index (Phi) is 5.92. The molecular formula is C14H21N3OS. The van der Waals surface area contributed by atoms with E-state index >= 15 is 0 Å². The molecule has 0 aromatic heterocycles. The van der Waals surface area contributed by atoms with Gasteiger partial charge in [0, 0.05) is 11.3 Å². The number of carbonyl (C=O) groups excluding carboxylic acids is 1. The zero-order valence-electron chi connectivity index (χ0n) is 11.6. The van der Waals surface area contributed by atoms with Crippen molar-refractivity contribution >= 4 is 28.8 Å². The molecule has 0 aliphatic carbocycles. The van der Waals surface area contributed by atoms with Crippen LogP contribution in [0.15, 0.2) is 24.3 Å². The van der Waals surface area contributed by atoms with Gasteiger partial charge in [-0.05, 0) is 39.1 Å². The van der Waals surface area contributed by atoms with Gasteiger partial charge in [0.25, 0.3) is 0 Å². The molecule has 0 radical (unpaired) electrons. The van der Waals surface area contributed by atoms with Gasteiger partial charge in [0.05, 0.1) is 6.04 Å². The summed E-state index contributed by atoms with van der Waals surface area (Å²) in [5.74, 6) is -0.0314. The fraction of sp³-hybridized carbons (Fsp3) is 0.429. The number of nitrogens with one attached hydrogen (secondary N) is 1. The second-order valence-electron chi connectivity index (χ2n) is 4.59. The van der Waals surface area contributed by atoms with Gasteiger partial charge in [0.15, 0.2) is 0 Å². The van der Waals surface area contributed by atoms with E-state index in [-0.39, 0.29) is 11.9 Å². The first-order chi connectivity index (χ1) is 8.95. The normalized spacial score (nSPS) is 12.2. The highest BCUT2D eigenvalue weighted by Crippen LogP contribution is 2.11. The Labute approximate surface area is 120 Å². The van der Waals surface area contributed by atoms with E-state index in [1.54, 1.807) is 6.07 Å². The average Bonchev–Trinajstić information content (AvgIpc) is 2.38. The minimum Gasteiger partial charge on any atom is -0.389 e. The third-order valence-electron chi connectivity index (χ3n) is 3.03. The topological polar surface area (TPSA) is 58.4 Å². The van der Waals surface area contributed by atoms with Crippen LogP contribution in [0.2, 0.25) is 0 Å². The number of hydrogen-bond donors (Lipinski definition) is 2. The Bertz CT molecular complexity index is 462. The van der Waals surface area contributed by atoms with Crippen molar-refractivity contribution in [3.63, 3.8) is 0 Å². The van der Waals surface area contributed by atoms with E-state index in [9.17, 15) is 4.79 Å². The standard InChI is InChI=1S/C14H21N3OS/c1-4-8-17(3)10(2)14(18)16-12-7-5-6-11(9-12)13(15)19/h5-7,9-10H,4,8H2,1-3H3,(H2,15,19)(H,16,18). The number of nitrogens with two attached hydrogens (primary N) is 1. The van der Waals surface area contributed by atoms with Crippen LogP contribution in [0.5, 0.6) is 0 Å². The number of benzene rings is 1. The number of anilines is 1. The minimum absolute atomic E-state index is 0.0314. The molecule has 1 aromatic rings. The third-order valence-corrected chi connectivity index (χ3v) is 3.27. The largest absolute Gasteiger partial charge is 0.389 e. The molecule has 1 amide bonds. The van der Waals surface area contributed by atoms with Gasteiger partial charge in [-0.1, -0.05) is 31.3 Å². The summed E-state index contributed by atoms with van der Waals surface area (Å²) in [5.41, 5.74) is 7.04. The van der Waals surface area contributed by atoms with Gasteiger partial charge in [-0.25, -0.2) is 0 Å². The maximum Gasteiger partial charge on any atom is 0.241 e. The van der Waals surface area contributed by atoms with Crippen molar-refractivity contribution in [2.24, 2.45) is 5.73 Å². The van der Waals surface area contributed by atoms with Crippen LogP contribution in [-0.2, 0) is 4.79 Å². The molecule has 0 aliphatic rings. The summed E-state index contributed by atoms with van der Waals surface area (Å²) in [5, 5.41) is 2.88. The zero-order valence-corrected chi connectivity index (χ0v) is 12.5. The second kappa shape index (κ2) is 7.21. The van der Waals surface area contributed by atoms with Crippen LogP contribution in [0, 0.1) is 0 Å². The van der Waals surface area contributed by atoms with Crippen molar-refractivity contribution < 1.29 is 4.79 Å². The lowest BCUT2D eigenvalue weighted by Crippen LogP contribution is -2.39. The van der Waals surface area contributed by atoms with Crippen molar-refractivity contribution in [3.05, 3.63) is 29.8 Å². The van der Waals surface area contributed by atoms with E-state index < -0.39 is 0 Å². The lowest BCUT2D eigenvalue weighted by molar-refractivity contribution is -0.120. The Morgan fingerprint density at radius 1 is 1.53 bits per heavy atom. The number of hydrogen-bond acceptors (Lipinski definition) is 3. The van der Waals surface area contributed by atoms with E-state index in [0.717, 1.165) is 18.5 Å². The second-order valence-corrected chi connectivity index (χ2v) is 5.03. The van der Waals surface area contributed by atoms with Crippen LogP contribution in [0.3, 0.4) is 0 Å². The molecule has 1 atom stereocenters. The van der Waals surface area contributed by atoms with E-state index in [1.807, 2.05) is 37.1 Å². The Morgan fingerprint density at radius 3 is 2.79 bits per heavy atom. The minimum atomic E-state index is -0.173. The molecule has 0 bridgehead atoms. The molecule has 19 heavy (non-hydrogen) atoms. The van der Waals surface area contributed by atoms with Gasteiger partial charge in [0.2, 0.25) is 5.91 Å². The summed E-state index contributed by atoms with van der Waals surface area (Å²) in [6.07, 6.45) is 1.02. The van der Waals surface area contributed by atoms with E-state index in [2.05, 4.69) is 12.2 Å². The third kappa shape index (κ3) is 4.61. The molecule has 0 spiro atoms. The molecule has 0 saturated carbocycles. The molecule has 3 N–H and O–H groups in total. The molecule has 5 heteroatoms. The summed E-state index contributed by atoms with van der Waals surface area (Å²) in [6, 6.07) is 7.09. The molecule has 0 fully saturated rings. The number of nitrogens with zero attached hydrogens (tertiary/aromatic N) is 1. The van der Waals surface area contributed by atoms with Crippen LogP contribution in [0.4, 0.5) is 5.69 Å². The number of amides is 1. The lowest BCUT2D eigenvalue weighted by Gasteiger charge is -2.23. The van der Waals surface area contributed by atoms with Crippen molar-refractivity contribution in [1.29, 1.82) is 0 Å². The zero-order chi connectivity index (χ0) is 14.4. The summed E-state index contributed by atoms with van der Waals surface area (Å²) < 4.78 is 0. The maximum atomic E-state index is 12.1. The molecular weight excluding hydrogens is 258 g/mol. The summed E-state index contributed by atoms with van der Waals surface area (Å²) >= 11 is 4.92. The SMILES string of the molecule is CCCN(C)C(C)C(=O)Nc1cccc(C(N)=S)c1. The first-order valence-electron chi connectivity index (χ1n) is 6.36. The highest BCUT2D eigenvalue weighted by atomic mass is 32.1. The quantitative estimate of drug-likeness (QED) is 0.782. The summed E-state index contributed by atoms with van der Waals surface area (Å²) in [4.78, 5) is 14.4. The fourth-order valence-electron chi connectivity index (χ4n) is 1.74. The first-order valence-corrected chi connectivity index (χ1v) is 6.77. The van der Waals surface area contributed by atoms with Gasteiger partial charge >= 0.3 is 0 Å². The molecule has 1 unspecified atom stereocenters. The maximum absolute atomic E-state index is 12.1. The lowest BCUT2D eigenvalue weighted by atomic mass is 10.2. The smallest absolute Gasteiger partial charge is 0.241 e. The highest BCUT2D eigenvalue weighted by molar-refractivity contribution is 7.80. The van der Waals surface area contributed by atoms with Crippen LogP contribution in [-0.4, -0.2) is 35.4 Å². The Morgan fingerprint density at radius 2 is 2.21 bits per heavy atom. The Hall–Kier alpha value is -1.46. The van der Waals surface area contributed by atoms with Crippen molar-refractivity contribution in [3.8, 4) is 0 Å². The van der Waals surface area contributed by atoms with Crippen LogP contribution in [0.1, 0.15) is 25.8 Å². The molecule has 0 saturated heterocycles. The number of carbonyl (C=O) groups is 1.